The zero-order valence-electron chi connectivity index (χ0n) is 12.4. The van der Waals surface area contributed by atoms with E-state index in [-0.39, 0.29) is 25.2 Å². The molecule has 0 aliphatic carbocycles. The Kier molecular flexibility index (Phi) is 7.82. The zero-order chi connectivity index (χ0) is 16.0. The van der Waals surface area contributed by atoms with Crippen LogP contribution >= 0.6 is 15.4 Å². The molecule has 9 heteroatoms. The fourth-order valence-electron chi connectivity index (χ4n) is 1.14. The number of hydrogen-bond acceptors (Lipinski definition) is 5. The van der Waals surface area contributed by atoms with Gasteiger partial charge in [0, 0.05) is 12.8 Å². The van der Waals surface area contributed by atoms with Crippen molar-refractivity contribution >= 4 is 21.2 Å². The first kappa shape index (κ1) is 20.0. The van der Waals surface area contributed by atoms with Crippen molar-refractivity contribution in [3.8, 4) is 0 Å². The van der Waals surface area contributed by atoms with Gasteiger partial charge in [0.05, 0.1) is 11.8 Å². The van der Waals surface area contributed by atoms with Crippen molar-refractivity contribution in [1.82, 2.24) is 0 Å². The molecule has 120 valence electrons. The monoisotopic (exact) mass is 330 g/mol. The van der Waals surface area contributed by atoms with Gasteiger partial charge >= 0.3 is 15.4 Å². The number of phosphoric ester groups is 1. The maximum atomic E-state index is 11.7. The molecule has 0 spiro atoms. The summed E-state index contributed by atoms with van der Waals surface area (Å²) >= 11 is 0. The first-order chi connectivity index (χ1) is 8.91. The quantitative estimate of drug-likeness (QED) is 0.493. The van der Waals surface area contributed by atoms with E-state index in [2.05, 4.69) is 8.83 Å². The van der Waals surface area contributed by atoms with Gasteiger partial charge in [-0.25, -0.2) is 8.88 Å². The first-order valence-electron chi connectivity index (χ1n) is 6.44. The van der Waals surface area contributed by atoms with Crippen molar-refractivity contribution in [3.05, 3.63) is 0 Å². The minimum absolute atomic E-state index is 0.0484. The predicted molar refractivity (Wildman–Crippen MR) is 75.6 cm³/mol. The lowest BCUT2D eigenvalue weighted by Crippen LogP contribution is -2.16. The Morgan fingerprint density at radius 1 is 1.15 bits per heavy atom. The lowest BCUT2D eigenvalue weighted by atomic mass is 10.1. The molecule has 2 N–H and O–H groups in total. The number of ketones is 1. The largest absolute Gasteiger partial charge is 0.479 e. The first-order valence-corrected chi connectivity index (χ1v) is 9.52. The van der Waals surface area contributed by atoms with Crippen LogP contribution in [0.5, 0.6) is 0 Å². The molecule has 0 bridgehead atoms. The van der Waals surface area contributed by atoms with Gasteiger partial charge in [0.1, 0.15) is 5.78 Å². The lowest BCUT2D eigenvalue weighted by Gasteiger charge is -2.26. The fraction of sp³-hybridized carbons (Fsp3) is 0.909. The van der Waals surface area contributed by atoms with Gasteiger partial charge in [-0.2, -0.15) is 0 Å². The van der Waals surface area contributed by atoms with Gasteiger partial charge in [-0.1, -0.05) is 6.92 Å². The van der Waals surface area contributed by atoms with Crippen molar-refractivity contribution < 1.29 is 32.5 Å². The molecule has 7 nitrogen and oxygen atoms in total. The third-order valence-electron chi connectivity index (χ3n) is 2.44. The van der Waals surface area contributed by atoms with Crippen LogP contribution in [-0.2, 0) is 22.8 Å². The summed E-state index contributed by atoms with van der Waals surface area (Å²) in [5.74, 6) is 0.0484. The second-order valence-electron chi connectivity index (χ2n) is 5.47. The van der Waals surface area contributed by atoms with E-state index in [4.69, 9.17) is 0 Å². The van der Waals surface area contributed by atoms with Crippen LogP contribution in [0.4, 0.5) is 0 Å². The number of hydrogen-bond donors (Lipinski definition) is 2. The fourth-order valence-corrected chi connectivity index (χ4v) is 3.79. The summed E-state index contributed by atoms with van der Waals surface area (Å²) in [6, 6.07) is 0. The Morgan fingerprint density at radius 2 is 1.70 bits per heavy atom. The molecule has 20 heavy (non-hydrogen) atoms. The Labute approximate surface area is 119 Å². The minimum atomic E-state index is -4.61. The van der Waals surface area contributed by atoms with Gasteiger partial charge in [0.25, 0.3) is 0 Å². The summed E-state index contributed by atoms with van der Waals surface area (Å²) in [7, 11) is -8.89. The number of phosphoric acid groups is 1. The smallest absolute Gasteiger partial charge is 0.324 e. The lowest BCUT2D eigenvalue weighted by molar-refractivity contribution is -0.119. The maximum Gasteiger partial charge on any atom is 0.479 e. The number of carbonyl (C=O) groups excluding carboxylic acids is 1. The standard InChI is InChI=1S/C11H24O7P2/c1-5-7-10(12)8-6-9-17-20(15,16)18-19(13,14)11(2,3)4/h5-9H2,1-4H3,(H,13,14)(H,15,16). The molecule has 0 aliphatic heterocycles. The molecule has 0 heterocycles. The summed E-state index contributed by atoms with van der Waals surface area (Å²) < 4.78 is 32.2. The van der Waals surface area contributed by atoms with E-state index in [0.29, 0.717) is 6.42 Å². The number of Topliss-reactive ketones (excluding diaryl/α,β-unsaturated/α-hetero) is 1. The molecule has 0 aromatic carbocycles. The molecule has 0 amide bonds. The van der Waals surface area contributed by atoms with E-state index in [1.807, 2.05) is 6.92 Å². The summed E-state index contributed by atoms with van der Waals surface area (Å²) in [6.07, 6.45) is 1.71. The summed E-state index contributed by atoms with van der Waals surface area (Å²) in [5, 5.41) is -1.19. The highest BCUT2D eigenvalue weighted by atomic mass is 31.3. The molecule has 0 fully saturated rings. The highest BCUT2D eigenvalue weighted by Crippen LogP contribution is 2.65. The van der Waals surface area contributed by atoms with Crippen LogP contribution in [0.15, 0.2) is 0 Å². The molecular formula is C11H24O7P2. The van der Waals surface area contributed by atoms with Crippen LogP contribution in [0.2, 0.25) is 0 Å². The zero-order valence-corrected chi connectivity index (χ0v) is 14.2. The molecule has 0 saturated heterocycles. The molecule has 0 aromatic heterocycles. The van der Waals surface area contributed by atoms with Gasteiger partial charge in [-0.15, -0.1) is 0 Å². The Morgan fingerprint density at radius 3 is 2.15 bits per heavy atom. The average molecular weight is 330 g/mol. The van der Waals surface area contributed by atoms with Crippen molar-refractivity contribution in [1.29, 1.82) is 0 Å². The average Bonchev–Trinajstić information content (AvgIpc) is 2.21. The van der Waals surface area contributed by atoms with Crippen LogP contribution in [0.3, 0.4) is 0 Å². The van der Waals surface area contributed by atoms with Crippen molar-refractivity contribution in [2.45, 2.75) is 58.5 Å². The molecule has 0 aliphatic rings. The highest BCUT2D eigenvalue weighted by molar-refractivity contribution is 7.64. The molecular weight excluding hydrogens is 306 g/mol. The predicted octanol–water partition coefficient (Wildman–Crippen LogP) is 3.25. The van der Waals surface area contributed by atoms with Crippen molar-refractivity contribution in [3.63, 3.8) is 0 Å². The van der Waals surface area contributed by atoms with Crippen LogP contribution in [-0.4, -0.2) is 27.3 Å². The molecule has 0 rings (SSSR count). The number of rotatable bonds is 9. The van der Waals surface area contributed by atoms with Crippen LogP contribution in [0, 0.1) is 0 Å². The third-order valence-corrected chi connectivity index (χ3v) is 6.36. The summed E-state index contributed by atoms with van der Waals surface area (Å²) in [4.78, 5) is 30.2. The van der Waals surface area contributed by atoms with Gasteiger partial charge in [0.15, 0.2) is 0 Å². The van der Waals surface area contributed by atoms with Gasteiger partial charge < -0.3 is 9.79 Å². The molecule has 0 radical (unpaired) electrons. The van der Waals surface area contributed by atoms with E-state index in [9.17, 15) is 23.7 Å². The third kappa shape index (κ3) is 7.67. The Balaban J connectivity index is 4.25. The van der Waals surface area contributed by atoms with E-state index in [0.717, 1.165) is 6.42 Å². The Bertz CT molecular complexity index is 413. The van der Waals surface area contributed by atoms with E-state index < -0.39 is 20.6 Å². The minimum Gasteiger partial charge on any atom is -0.324 e. The summed E-state index contributed by atoms with van der Waals surface area (Å²) in [6.45, 7) is 5.94. The van der Waals surface area contributed by atoms with Crippen molar-refractivity contribution in [2.24, 2.45) is 0 Å². The van der Waals surface area contributed by atoms with Gasteiger partial charge in [0.2, 0.25) is 0 Å². The van der Waals surface area contributed by atoms with Crippen LogP contribution in [0.1, 0.15) is 53.4 Å². The molecule has 2 unspecified atom stereocenters. The topological polar surface area (TPSA) is 110 Å². The molecule has 0 saturated carbocycles. The maximum absolute atomic E-state index is 11.7. The Hall–Kier alpha value is -0.0300. The van der Waals surface area contributed by atoms with Crippen LogP contribution in [0.25, 0.3) is 0 Å². The second kappa shape index (κ2) is 7.83. The van der Waals surface area contributed by atoms with Crippen molar-refractivity contribution in [2.75, 3.05) is 6.61 Å². The normalized spacial score (nSPS) is 18.3. The van der Waals surface area contributed by atoms with Gasteiger partial charge in [-0.3, -0.25) is 13.9 Å². The second-order valence-corrected chi connectivity index (χ2v) is 9.70. The molecule has 2 atom stereocenters. The van der Waals surface area contributed by atoms with E-state index in [1.54, 1.807) is 0 Å². The summed E-state index contributed by atoms with van der Waals surface area (Å²) in [5.41, 5.74) is 0. The number of carbonyl (C=O) groups is 1. The SMILES string of the molecule is CCCC(=O)CCCOP(=O)(O)OP(=O)(O)C(C)(C)C. The van der Waals surface area contributed by atoms with Crippen LogP contribution < -0.4 is 0 Å². The van der Waals surface area contributed by atoms with E-state index in [1.165, 1.54) is 20.8 Å². The molecule has 0 aromatic rings. The highest BCUT2D eigenvalue weighted by Gasteiger charge is 2.43. The van der Waals surface area contributed by atoms with E-state index >= 15 is 0 Å². The van der Waals surface area contributed by atoms with Gasteiger partial charge in [-0.05, 0) is 33.6 Å².